The fourth-order valence-corrected chi connectivity index (χ4v) is 3.17. The summed E-state index contributed by atoms with van der Waals surface area (Å²) in [6.45, 7) is 0. The fourth-order valence-electron chi connectivity index (χ4n) is 2.32. The second kappa shape index (κ2) is 5.68. The monoisotopic (exact) mass is 394 g/mol. The van der Waals surface area contributed by atoms with E-state index >= 15 is 0 Å². The summed E-state index contributed by atoms with van der Waals surface area (Å²) in [6.07, 6.45) is 1.79. The molecular formula is C16H12ClIN2. The molecule has 0 spiro atoms. The summed E-state index contributed by atoms with van der Waals surface area (Å²) in [5.41, 5.74) is 9.52. The van der Waals surface area contributed by atoms with Crippen molar-refractivity contribution < 1.29 is 0 Å². The van der Waals surface area contributed by atoms with E-state index in [-0.39, 0.29) is 6.04 Å². The Morgan fingerprint density at radius 3 is 2.75 bits per heavy atom. The molecule has 0 saturated heterocycles. The minimum Gasteiger partial charge on any atom is -0.320 e. The predicted molar refractivity (Wildman–Crippen MR) is 91.9 cm³/mol. The summed E-state index contributed by atoms with van der Waals surface area (Å²) in [5.74, 6) is 0. The van der Waals surface area contributed by atoms with Crippen molar-refractivity contribution in [2.24, 2.45) is 5.73 Å². The van der Waals surface area contributed by atoms with Gasteiger partial charge in [0.05, 0.1) is 11.6 Å². The lowest BCUT2D eigenvalue weighted by molar-refractivity contribution is 0.874. The smallest absolute Gasteiger partial charge is 0.0705 e. The number of aromatic nitrogens is 1. The van der Waals surface area contributed by atoms with E-state index in [0.29, 0.717) is 5.02 Å². The van der Waals surface area contributed by atoms with Gasteiger partial charge in [-0.3, -0.25) is 4.98 Å². The lowest BCUT2D eigenvalue weighted by Gasteiger charge is -2.16. The molecule has 4 heteroatoms. The number of hydrogen-bond acceptors (Lipinski definition) is 2. The number of benzene rings is 2. The molecule has 2 N–H and O–H groups in total. The number of pyridine rings is 1. The van der Waals surface area contributed by atoms with Crippen LogP contribution in [0.15, 0.2) is 54.7 Å². The van der Waals surface area contributed by atoms with Gasteiger partial charge >= 0.3 is 0 Å². The lowest BCUT2D eigenvalue weighted by atomic mass is 9.96. The van der Waals surface area contributed by atoms with E-state index in [4.69, 9.17) is 17.3 Å². The zero-order chi connectivity index (χ0) is 14.1. The number of fused-ring (bicyclic) bond motifs is 1. The Balaban J connectivity index is 2.17. The fraction of sp³-hybridized carbons (Fsp3) is 0.0625. The molecule has 3 rings (SSSR count). The van der Waals surface area contributed by atoms with Gasteiger partial charge in [0, 0.05) is 20.2 Å². The van der Waals surface area contributed by atoms with Crippen LogP contribution < -0.4 is 5.73 Å². The molecule has 0 bridgehead atoms. The molecule has 0 aliphatic heterocycles. The van der Waals surface area contributed by atoms with Crippen molar-refractivity contribution in [1.29, 1.82) is 0 Å². The van der Waals surface area contributed by atoms with E-state index in [1.165, 1.54) is 0 Å². The van der Waals surface area contributed by atoms with Crippen LogP contribution in [0.5, 0.6) is 0 Å². The van der Waals surface area contributed by atoms with E-state index in [1.807, 2.05) is 42.5 Å². The van der Waals surface area contributed by atoms with Crippen molar-refractivity contribution in [3.63, 3.8) is 0 Å². The Morgan fingerprint density at radius 2 is 1.90 bits per heavy atom. The first-order valence-corrected chi connectivity index (χ1v) is 7.66. The number of hydrogen-bond donors (Lipinski definition) is 1. The van der Waals surface area contributed by atoms with Gasteiger partial charge in [-0.25, -0.2) is 0 Å². The molecule has 0 aliphatic rings. The zero-order valence-electron chi connectivity index (χ0n) is 10.6. The van der Waals surface area contributed by atoms with E-state index in [2.05, 4.69) is 33.6 Å². The summed E-state index contributed by atoms with van der Waals surface area (Å²) in [6, 6.07) is 15.6. The maximum atomic E-state index is 6.46. The minimum atomic E-state index is -0.214. The average Bonchev–Trinajstić information content (AvgIpc) is 2.48. The Labute approximate surface area is 136 Å². The van der Waals surface area contributed by atoms with Crippen LogP contribution in [0.2, 0.25) is 5.02 Å². The third kappa shape index (κ3) is 2.53. The Bertz CT molecular complexity index is 768. The van der Waals surface area contributed by atoms with Gasteiger partial charge in [-0.05, 0) is 64.0 Å². The van der Waals surface area contributed by atoms with Crippen molar-refractivity contribution in [2.45, 2.75) is 6.04 Å². The molecule has 20 heavy (non-hydrogen) atoms. The molecule has 0 fully saturated rings. The maximum absolute atomic E-state index is 6.46. The first-order chi connectivity index (χ1) is 9.66. The van der Waals surface area contributed by atoms with Crippen LogP contribution in [0.25, 0.3) is 10.9 Å². The highest BCUT2D eigenvalue weighted by molar-refractivity contribution is 14.1. The number of halogens is 2. The Hall–Kier alpha value is -1.17. The standard InChI is InChI=1S/C16H12ClIN2/c17-10-6-7-14(18)13(9-10)16(19)12-3-1-5-15-11(12)4-2-8-20-15/h1-9,16H,19H2. The quantitative estimate of drug-likeness (QED) is 0.648. The summed E-state index contributed by atoms with van der Waals surface area (Å²) < 4.78 is 1.11. The maximum Gasteiger partial charge on any atom is 0.0705 e. The van der Waals surface area contributed by atoms with Gasteiger partial charge in [-0.1, -0.05) is 29.8 Å². The summed E-state index contributed by atoms with van der Waals surface area (Å²) >= 11 is 8.38. The highest BCUT2D eigenvalue weighted by Gasteiger charge is 2.15. The number of rotatable bonds is 2. The van der Waals surface area contributed by atoms with Crippen LogP contribution >= 0.6 is 34.2 Å². The molecular weight excluding hydrogens is 383 g/mol. The lowest BCUT2D eigenvalue weighted by Crippen LogP contribution is -2.14. The van der Waals surface area contributed by atoms with Crippen molar-refractivity contribution >= 4 is 45.1 Å². The summed E-state index contributed by atoms with van der Waals surface area (Å²) in [4.78, 5) is 4.37. The summed E-state index contributed by atoms with van der Waals surface area (Å²) in [5, 5.41) is 1.78. The van der Waals surface area contributed by atoms with Crippen LogP contribution in [0, 0.1) is 3.57 Å². The predicted octanol–water partition coefficient (Wildman–Crippen LogP) is 4.54. The van der Waals surface area contributed by atoms with Crippen LogP contribution in [-0.4, -0.2) is 4.98 Å². The third-order valence-corrected chi connectivity index (χ3v) is 4.53. The largest absolute Gasteiger partial charge is 0.320 e. The van der Waals surface area contributed by atoms with Gasteiger partial charge in [-0.2, -0.15) is 0 Å². The van der Waals surface area contributed by atoms with E-state index in [0.717, 1.165) is 25.6 Å². The van der Waals surface area contributed by atoms with Gasteiger partial charge in [-0.15, -0.1) is 0 Å². The van der Waals surface area contributed by atoms with Crippen LogP contribution in [-0.2, 0) is 0 Å². The highest BCUT2D eigenvalue weighted by Crippen LogP contribution is 2.30. The molecule has 1 unspecified atom stereocenters. The van der Waals surface area contributed by atoms with Gasteiger partial charge in [0.25, 0.3) is 0 Å². The minimum absolute atomic E-state index is 0.214. The first-order valence-electron chi connectivity index (χ1n) is 6.21. The van der Waals surface area contributed by atoms with Gasteiger partial charge in [0.1, 0.15) is 0 Å². The van der Waals surface area contributed by atoms with Gasteiger partial charge < -0.3 is 5.73 Å². The molecule has 3 aromatic rings. The molecule has 0 saturated carbocycles. The third-order valence-electron chi connectivity index (χ3n) is 3.31. The SMILES string of the molecule is NC(c1cc(Cl)ccc1I)c1cccc2ncccc12. The second-order valence-electron chi connectivity index (χ2n) is 4.56. The number of nitrogens with two attached hydrogens (primary N) is 1. The van der Waals surface area contributed by atoms with Crippen LogP contribution in [0.1, 0.15) is 17.2 Å². The molecule has 1 atom stereocenters. The molecule has 0 aliphatic carbocycles. The highest BCUT2D eigenvalue weighted by atomic mass is 127. The molecule has 100 valence electrons. The topological polar surface area (TPSA) is 38.9 Å². The van der Waals surface area contributed by atoms with Crippen molar-refractivity contribution in [1.82, 2.24) is 4.98 Å². The van der Waals surface area contributed by atoms with Crippen molar-refractivity contribution in [3.8, 4) is 0 Å². The van der Waals surface area contributed by atoms with Crippen molar-refractivity contribution in [3.05, 3.63) is 74.4 Å². The van der Waals surface area contributed by atoms with E-state index in [1.54, 1.807) is 6.20 Å². The normalized spacial score (nSPS) is 12.6. The molecule has 2 nitrogen and oxygen atoms in total. The van der Waals surface area contributed by atoms with Crippen LogP contribution in [0.3, 0.4) is 0 Å². The first kappa shape index (κ1) is 13.8. The van der Waals surface area contributed by atoms with E-state index < -0.39 is 0 Å². The van der Waals surface area contributed by atoms with Gasteiger partial charge in [0.2, 0.25) is 0 Å². The molecule has 1 heterocycles. The number of nitrogens with zero attached hydrogens (tertiary/aromatic N) is 1. The zero-order valence-corrected chi connectivity index (χ0v) is 13.5. The second-order valence-corrected chi connectivity index (χ2v) is 6.16. The van der Waals surface area contributed by atoms with Crippen LogP contribution in [0.4, 0.5) is 0 Å². The van der Waals surface area contributed by atoms with E-state index in [9.17, 15) is 0 Å². The molecule has 0 radical (unpaired) electrons. The molecule has 2 aromatic carbocycles. The Kier molecular flexibility index (Phi) is 3.92. The molecule has 1 aromatic heterocycles. The summed E-state index contributed by atoms with van der Waals surface area (Å²) in [7, 11) is 0. The molecule has 0 amide bonds. The van der Waals surface area contributed by atoms with Gasteiger partial charge in [0.15, 0.2) is 0 Å². The Morgan fingerprint density at radius 1 is 1.05 bits per heavy atom. The average molecular weight is 395 g/mol. The van der Waals surface area contributed by atoms with Crippen molar-refractivity contribution in [2.75, 3.05) is 0 Å².